The number of nitrogens with one attached hydrogen (secondary N) is 17. The Morgan fingerprint density at radius 3 is 1.43 bits per heavy atom. The van der Waals surface area contributed by atoms with E-state index >= 15 is 14.4 Å². The number of aromatic hydroxyl groups is 2. The van der Waals surface area contributed by atoms with E-state index in [1.54, 1.807) is 69.2 Å². The number of halogens is 3. The molecule has 3 aromatic rings. The number of aliphatic hydroxyl groups excluding tert-OH is 2. The predicted octanol–water partition coefficient (Wildman–Crippen LogP) is -4.95. The minimum atomic E-state index is -5.08. The lowest BCUT2D eigenvalue weighted by Crippen LogP contribution is -2.62. The van der Waals surface area contributed by atoms with E-state index in [1.807, 2.05) is 0 Å². The Bertz CT molecular complexity index is 4950. The number of hydrogen-bond acceptors (Lipinski definition) is 28. The van der Waals surface area contributed by atoms with Gasteiger partial charge in [-0.3, -0.25) is 91.7 Å². The summed E-state index contributed by atoms with van der Waals surface area (Å²) in [6.45, 7) is 15.8. The van der Waals surface area contributed by atoms with Crippen LogP contribution in [0.2, 0.25) is 0 Å². The van der Waals surface area contributed by atoms with Crippen LogP contribution < -0.4 is 97.0 Å². The quantitative estimate of drug-likeness (QED) is 0.0109. The van der Waals surface area contributed by atoms with Crippen LogP contribution in [0.15, 0.2) is 61.1 Å². The van der Waals surface area contributed by atoms with Crippen molar-refractivity contribution in [2.75, 3.05) is 38.5 Å². The molecule has 30 N–H and O–H groups in total. The van der Waals surface area contributed by atoms with Gasteiger partial charge in [-0.15, -0.1) is 0 Å². The summed E-state index contributed by atoms with van der Waals surface area (Å²) < 4.78 is 31.7. The van der Waals surface area contributed by atoms with Crippen LogP contribution in [0.3, 0.4) is 0 Å². The molecule has 0 aliphatic carbocycles. The zero-order valence-electron chi connectivity index (χ0n) is 82.3. The molecule has 18 atom stereocenters. The normalized spacial score (nSPS) is 16.7. The summed E-state index contributed by atoms with van der Waals surface area (Å²) in [6.07, 6.45) is -5.60. The molecule has 5 rings (SSSR count). The fourth-order valence-corrected chi connectivity index (χ4v) is 15.4. The van der Waals surface area contributed by atoms with Crippen molar-refractivity contribution in [1.29, 1.82) is 5.41 Å². The maximum Gasteiger partial charge on any atom is 0.490 e. The monoisotopic (exact) mass is 2070 g/mol. The molecule has 0 bridgehead atoms. The first-order valence-corrected chi connectivity index (χ1v) is 47.7. The number of nitrogens with zero attached hydrogens (tertiary/aromatic N) is 3. The van der Waals surface area contributed by atoms with Gasteiger partial charge >= 0.3 is 24.1 Å². The highest BCUT2D eigenvalue weighted by atomic mass is 32.1. The predicted molar refractivity (Wildman–Crippen MR) is 513 cm³/mol. The van der Waals surface area contributed by atoms with Crippen LogP contribution in [0.25, 0.3) is 0 Å². The molecule has 2 aliphatic heterocycles. The smallest absolute Gasteiger partial charge is 0.490 e. The lowest BCUT2D eigenvalue weighted by Gasteiger charge is -2.34. The lowest BCUT2D eigenvalue weighted by atomic mass is 9.96. The summed E-state index contributed by atoms with van der Waals surface area (Å²) in [5, 5.41) is 112. The minimum Gasteiger partial charge on any atom is -0.508 e. The Morgan fingerprint density at radius 1 is 0.517 bits per heavy atom. The highest BCUT2D eigenvalue weighted by Crippen LogP contribution is 2.28. The number of amides is 17. The first-order valence-electron chi connectivity index (χ1n) is 47.0. The van der Waals surface area contributed by atoms with Crippen LogP contribution in [-0.2, 0) is 115 Å². The van der Waals surface area contributed by atoms with Gasteiger partial charge in [-0.2, -0.15) is 25.8 Å². The van der Waals surface area contributed by atoms with Crippen molar-refractivity contribution in [3.8, 4) is 11.5 Å². The molecular formula is C91H138F3N23O27S. The minimum absolute atomic E-state index is 0.00873. The first kappa shape index (κ1) is 123. The number of carbonyl (C=O) groups is 20. The van der Waals surface area contributed by atoms with Gasteiger partial charge in [-0.1, -0.05) is 99.9 Å². The van der Waals surface area contributed by atoms with E-state index in [9.17, 15) is 121 Å². The average Bonchev–Trinajstić information content (AvgIpc) is 1.65. The van der Waals surface area contributed by atoms with E-state index in [0.717, 1.165) is 6.92 Å². The van der Waals surface area contributed by atoms with E-state index in [2.05, 4.69) is 102 Å². The van der Waals surface area contributed by atoms with E-state index in [0.29, 0.717) is 17.5 Å². The number of H-pyrrole nitrogens is 1. The number of likely N-dealkylation sites (tertiary alicyclic amines) is 2. The second kappa shape index (κ2) is 59.9. The molecule has 2 fully saturated rings. The molecule has 806 valence electrons. The van der Waals surface area contributed by atoms with E-state index in [4.69, 9.17) is 32.5 Å². The number of nitrogens with two attached hydrogens (primary N) is 3. The van der Waals surface area contributed by atoms with Gasteiger partial charge in [0.15, 0.2) is 5.96 Å². The number of thiol groups is 1. The third-order valence-electron chi connectivity index (χ3n) is 23.3. The Kier molecular flexibility index (Phi) is 50.9. The summed E-state index contributed by atoms with van der Waals surface area (Å²) in [7, 11) is 0. The third kappa shape index (κ3) is 41.7. The first-order chi connectivity index (χ1) is 67.9. The van der Waals surface area contributed by atoms with Crippen molar-refractivity contribution < 1.29 is 145 Å². The van der Waals surface area contributed by atoms with Crippen LogP contribution in [0.4, 0.5) is 13.2 Å². The lowest BCUT2D eigenvalue weighted by molar-refractivity contribution is -0.192. The standard InChI is InChI=1S/C89H137N23O25S.C2HF3O2/c1-12-47(10)72(110-85(133)71(46(8)9)109-80(128)63(41-138)107-73(121)54(16-13-29-95-89(92)93)99-79(127)62(40-113)106-78(126)59(37-68(119)120)103-82(130)69(91)48(11)114)83(131)96-39-67(118)98-56(32-43(2)3)75(123)101-58(34-49-19-23-52(115)24-20-49)77(125)104-60(36-51-38-94-42-97-51)86(134)112-31-15-18-65(112)87(135)111-30-14-17-64(111)81(129)102-57(33-44(4)5)76(124)100-55(27-28-66(90)117)74(122)108-70(45(6)7)84(132)105-61(88(136)137)35-50-21-25-53(116)26-22-50;3-2(4,5)1(6)7/h19-26,38,42-48,54-65,69-72,113-116,138H,12-18,27-37,39-41,91H2,1-11H3,(H2,90,117)(H,94,97)(H,96,131)(H,98,118)(H,99,127)(H,100,124)(H,101,123)(H,102,129)(H,103,130)(H,104,125)(H,105,132)(H,106,126)(H,107,121)(H,108,122)(H,109,128)(H,110,133)(H,119,120)(H,136,137)(H4,92,93,95);(H,6,7)/t47-,48+,54-,55-,56-,57-,58-,59-,60-,61-,62-,63-,64-,65-,69-,70-,71-,72-;/m0./s1. The number of aromatic nitrogens is 2. The summed E-state index contributed by atoms with van der Waals surface area (Å²) in [5.41, 5.74) is 17.7. The highest BCUT2D eigenvalue weighted by molar-refractivity contribution is 7.80. The SMILES string of the molecule is CC[C@H](C)[C@H](NC(=O)[C@@H](NC(=O)[C@H](CS)NC(=O)[C@H](CCCNC(=N)N)NC(=O)[C@H](CO)NC(=O)[C@H](CC(=O)O)NC(=O)[C@@H](N)[C@@H](C)O)C(C)C)C(=O)NCC(=O)N[C@@H](CC(C)C)C(=O)N[C@@H](Cc1ccc(O)cc1)C(=O)N[C@@H](Cc1c[nH]cn1)C(=O)N1CCC[C@H]1C(=O)N1CCC[C@H]1C(=O)N[C@@H](CC(C)C)C(=O)N[C@@H](CCC(N)=O)C(=O)N[C@H](C(=O)N[C@@H](Cc1ccc(O)cc1)C(=O)O)C(C)C.O=C(O)C(F)(F)F. The van der Waals surface area contributed by atoms with Crippen molar-refractivity contribution in [2.24, 2.45) is 46.8 Å². The van der Waals surface area contributed by atoms with E-state index in [1.165, 1.54) is 70.9 Å². The molecule has 0 saturated carbocycles. The van der Waals surface area contributed by atoms with Crippen LogP contribution in [-0.4, -0.2) is 327 Å². The second-order valence-corrected chi connectivity index (χ2v) is 37.1. The molecule has 0 spiro atoms. The number of carboxylic acid groups (broad SMARTS) is 3. The third-order valence-corrected chi connectivity index (χ3v) is 23.7. The average molecular weight is 2080 g/mol. The molecule has 3 heterocycles. The zero-order valence-corrected chi connectivity index (χ0v) is 83.2. The number of aromatic amines is 1. The largest absolute Gasteiger partial charge is 0.508 e. The second-order valence-electron chi connectivity index (χ2n) is 36.7. The van der Waals surface area contributed by atoms with Gasteiger partial charge in [0, 0.05) is 57.3 Å². The van der Waals surface area contributed by atoms with Gasteiger partial charge in [-0.05, 0) is 130 Å². The molecule has 0 radical (unpaired) electrons. The topological polar surface area (TPSA) is 801 Å². The number of hydrogen-bond donors (Lipinski definition) is 28. The highest BCUT2D eigenvalue weighted by Gasteiger charge is 2.47. The Morgan fingerprint density at radius 2 is 0.952 bits per heavy atom. The molecular weight excluding hydrogens is 1940 g/mol. The van der Waals surface area contributed by atoms with Crippen molar-refractivity contribution in [3.63, 3.8) is 0 Å². The summed E-state index contributed by atoms with van der Waals surface area (Å²) in [5.74, 6) is -25.5. The van der Waals surface area contributed by atoms with Crippen LogP contribution >= 0.6 is 12.6 Å². The maximum absolute atomic E-state index is 15.3. The number of rotatable bonds is 57. The molecule has 2 saturated heterocycles. The van der Waals surface area contributed by atoms with E-state index < -0.39 is 283 Å². The number of carboxylic acids is 3. The molecule has 0 unspecified atom stereocenters. The molecule has 2 aliphatic rings. The molecule has 17 amide bonds. The van der Waals surface area contributed by atoms with Crippen molar-refractivity contribution in [3.05, 3.63) is 77.9 Å². The van der Waals surface area contributed by atoms with Crippen molar-refractivity contribution in [1.82, 2.24) is 99.5 Å². The summed E-state index contributed by atoms with van der Waals surface area (Å²) >= 11 is 4.26. The number of phenols is 2. The van der Waals surface area contributed by atoms with Crippen molar-refractivity contribution in [2.45, 2.75) is 281 Å². The number of alkyl halides is 3. The Hall–Kier alpha value is -14.1. The van der Waals surface area contributed by atoms with Crippen LogP contribution in [0, 0.1) is 35.0 Å². The fourth-order valence-electron chi connectivity index (χ4n) is 15.2. The summed E-state index contributed by atoms with van der Waals surface area (Å²) in [4.78, 5) is 283. The summed E-state index contributed by atoms with van der Waals surface area (Å²) in [6, 6.07) is -12.8. The molecule has 1 aromatic heterocycles. The number of carbonyl (C=O) groups excluding carboxylic acids is 17. The van der Waals surface area contributed by atoms with Gasteiger partial charge in [-0.25, -0.2) is 14.6 Å². The maximum atomic E-state index is 15.3. The molecule has 54 heteroatoms. The van der Waals surface area contributed by atoms with E-state index in [-0.39, 0.29) is 126 Å². The number of aliphatic hydroxyl groups is 2. The number of benzene rings is 2. The van der Waals surface area contributed by atoms with Gasteiger partial charge in [0.1, 0.15) is 108 Å². The zero-order chi connectivity index (χ0) is 109. The number of imidazole rings is 1. The molecule has 50 nitrogen and oxygen atoms in total. The van der Waals surface area contributed by atoms with Crippen molar-refractivity contribution >= 4 is 137 Å². The van der Waals surface area contributed by atoms with Gasteiger partial charge in [0.25, 0.3) is 0 Å². The molecule has 145 heavy (non-hydrogen) atoms. The molecule has 2 aromatic carbocycles. The van der Waals surface area contributed by atoms with Gasteiger partial charge in [0.2, 0.25) is 100 Å². The number of guanidine groups is 1. The van der Waals surface area contributed by atoms with Gasteiger partial charge in [0.05, 0.1) is 37.7 Å². The number of aliphatic carboxylic acids is 3. The van der Waals surface area contributed by atoms with Gasteiger partial charge < -0.3 is 147 Å². The Labute approximate surface area is 839 Å². The number of phenolic OH excluding ortho intramolecular Hbond substituents is 2. The van der Waals surface area contributed by atoms with Crippen LogP contribution in [0.1, 0.15) is 170 Å². The Balaban J connectivity index is 0.00000602. The van der Waals surface area contributed by atoms with Crippen LogP contribution in [0.5, 0.6) is 11.5 Å². The number of primary amides is 1. The fraction of sp³-hybridized carbons (Fsp3) is 0.604.